The normalized spacial score (nSPS) is 14.6. The lowest BCUT2D eigenvalue weighted by Crippen LogP contribution is -2.41. The quantitative estimate of drug-likeness (QED) is 0.781. The van der Waals surface area contributed by atoms with Crippen molar-refractivity contribution in [3.8, 4) is 0 Å². The first-order valence-electron chi connectivity index (χ1n) is 7.32. The van der Waals surface area contributed by atoms with E-state index in [0.29, 0.717) is 5.41 Å². The third-order valence-corrected chi connectivity index (χ3v) is 3.84. The molecule has 0 aliphatic carbocycles. The molecule has 0 bridgehead atoms. The third-order valence-electron chi connectivity index (χ3n) is 3.84. The van der Waals surface area contributed by atoms with Crippen molar-refractivity contribution in [1.82, 2.24) is 15.2 Å². The van der Waals surface area contributed by atoms with E-state index in [9.17, 15) is 0 Å². The van der Waals surface area contributed by atoms with E-state index < -0.39 is 0 Å². The van der Waals surface area contributed by atoms with Crippen LogP contribution < -0.4 is 5.32 Å². The number of rotatable bonds is 8. The zero-order valence-electron chi connectivity index (χ0n) is 13.2. The molecule has 1 aromatic rings. The lowest BCUT2D eigenvalue weighted by Gasteiger charge is -2.34. The maximum atomic E-state index is 4.61. The first kappa shape index (κ1) is 16.1. The topological polar surface area (TPSA) is 28.2 Å². The Morgan fingerprint density at radius 1 is 1.32 bits per heavy atom. The fraction of sp³-hybridized carbons (Fsp3) is 0.688. The lowest BCUT2D eigenvalue weighted by molar-refractivity contribution is 0.155. The van der Waals surface area contributed by atoms with Gasteiger partial charge in [-0.15, -0.1) is 0 Å². The van der Waals surface area contributed by atoms with Crippen LogP contribution in [0.1, 0.15) is 38.6 Å². The molecule has 3 heteroatoms. The molecule has 1 N–H and O–H groups in total. The fourth-order valence-corrected chi connectivity index (χ4v) is 2.46. The summed E-state index contributed by atoms with van der Waals surface area (Å²) in [4.78, 5) is 7.09. The van der Waals surface area contributed by atoms with E-state index in [4.69, 9.17) is 0 Å². The second-order valence-electron chi connectivity index (χ2n) is 5.77. The van der Waals surface area contributed by atoms with Crippen molar-refractivity contribution in [3.63, 3.8) is 0 Å². The summed E-state index contributed by atoms with van der Waals surface area (Å²) >= 11 is 0. The van der Waals surface area contributed by atoms with Gasteiger partial charge in [0.15, 0.2) is 0 Å². The Morgan fingerprint density at radius 3 is 2.58 bits per heavy atom. The Balaban J connectivity index is 2.67. The van der Waals surface area contributed by atoms with Crippen molar-refractivity contribution in [3.05, 3.63) is 29.6 Å². The predicted molar refractivity (Wildman–Crippen MR) is 82.2 cm³/mol. The minimum absolute atomic E-state index is 0.328. The van der Waals surface area contributed by atoms with Crippen LogP contribution in [0.3, 0.4) is 0 Å². The number of aromatic nitrogens is 1. The second kappa shape index (κ2) is 7.61. The van der Waals surface area contributed by atoms with Gasteiger partial charge < -0.3 is 5.32 Å². The Bertz CT molecular complexity index is 378. The van der Waals surface area contributed by atoms with E-state index >= 15 is 0 Å². The minimum Gasteiger partial charge on any atom is -0.319 e. The van der Waals surface area contributed by atoms with E-state index in [1.165, 1.54) is 12.1 Å². The van der Waals surface area contributed by atoms with Crippen LogP contribution in [0.5, 0.6) is 0 Å². The Morgan fingerprint density at radius 2 is 2.05 bits per heavy atom. The highest BCUT2D eigenvalue weighted by molar-refractivity contribution is 5.09. The van der Waals surface area contributed by atoms with Gasteiger partial charge in [0.1, 0.15) is 0 Å². The molecule has 0 saturated carbocycles. The summed E-state index contributed by atoms with van der Waals surface area (Å²) in [5, 5.41) is 3.32. The molecule has 0 aromatic carbocycles. The first-order valence-corrected chi connectivity index (χ1v) is 7.32. The van der Waals surface area contributed by atoms with Gasteiger partial charge >= 0.3 is 0 Å². The molecule has 3 nitrogen and oxygen atoms in total. The molecule has 1 rings (SSSR count). The summed E-state index contributed by atoms with van der Waals surface area (Å²) in [5.74, 6) is 0. The highest BCUT2D eigenvalue weighted by Gasteiger charge is 2.24. The van der Waals surface area contributed by atoms with E-state index in [2.05, 4.69) is 61.1 Å². The van der Waals surface area contributed by atoms with Gasteiger partial charge in [0.2, 0.25) is 0 Å². The summed E-state index contributed by atoms with van der Waals surface area (Å²) < 4.78 is 0. The van der Waals surface area contributed by atoms with Crippen molar-refractivity contribution in [2.45, 2.75) is 40.7 Å². The second-order valence-corrected chi connectivity index (χ2v) is 5.77. The lowest BCUT2D eigenvalue weighted by atomic mass is 9.86. The van der Waals surface area contributed by atoms with E-state index in [0.717, 1.165) is 31.9 Å². The predicted octanol–water partition coefficient (Wildman–Crippen LogP) is 2.85. The monoisotopic (exact) mass is 263 g/mol. The number of nitrogens with zero attached hydrogens (tertiary/aromatic N) is 2. The Hall–Kier alpha value is -0.930. The molecule has 108 valence electrons. The highest BCUT2D eigenvalue weighted by Crippen LogP contribution is 2.22. The van der Waals surface area contributed by atoms with Crippen molar-refractivity contribution < 1.29 is 0 Å². The molecule has 0 saturated heterocycles. The van der Waals surface area contributed by atoms with Gasteiger partial charge in [-0.3, -0.25) is 9.88 Å². The van der Waals surface area contributed by atoms with Crippen LogP contribution in [-0.2, 0) is 6.54 Å². The molecule has 0 fully saturated rings. The standard InChI is InChI=1S/C16H29N3/c1-6-16(4,12-17-5)13-19(7-2)11-15-10-8-9-14(3)18-15/h8-10,17H,6-7,11-13H2,1-5H3. The molecule has 0 spiro atoms. The average Bonchev–Trinajstić information content (AvgIpc) is 2.38. The molecular formula is C16H29N3. The van der Waals surface area contributed by atoms with Gasteiger partial charge in [0.25, 0.3) is 0 Å². The summed E-state index contributed by atoms with van der Waals surface area (Å²) in [7, 11) is 2.03. The zero-order valence-corrected chi connectivity index (χ0v) is 13.2. The first-order chi connectivity index (χ1) is 9.03. The van der Waals surface area contributed by atoms with Crippen molar-refractivity contribution in [2.75, 3.05) is 26.7 Å². The number of nitrogens with one attached hydrogen (secondary N) is 1. The zero-order chi connectivity index (χ0) is 14.3. The van der Waals surface area contributed by atoms with E-state index in [1.54, 1.807) is 0 Å². The minimum atomic E-state index is 0.328. The molecule has 1 aromatic heterocycles. The molecule has 1 unspecified atom stereocenters. The van der Waals surface area contributed by atoms with Crippen LogP contribution in [0, 0.1) is 12.3 Å². The molecule has 1 heterocycles. The maximum Gasteiger partial charge on any atom is 0.0547 e. The van der Waals surface area contributed by atoms with Gasteiger partial charge in [-0.05, 0) is 44.5 Å². The molecular weight excluding hydrogens is 234 g/mol. The smallest absolute Gasteiger partial charge is 0.0547 e. The van der Waals surface area contributed by atoms with Crippen LogP contribution in [0.15, 0.2) is 18.2 Å². The fourth-order valence-electron chi connectivity index (χ4n) is 2.46. The van der Waals surface area contributed by atoms with Crippen LogP contribution in [0.4, 0.5) is 0 Å². The van der Waals surface area contributed by atoms with E-state index in [-0.39, 0.29) is 0 Å². The molecule has 0 aliphatic rings. The number of pyridine rings is 1. The largest absolute Gasteiger partial charge is 0.319 e. The molecule has 19 heavy (non-hydrogen) atoms. The summed E-state index contributed by atoms with van der Waals surface area (Å²) in [5.41, 5.74) is 2.60. The SMILES string of the molecule is CCN(Cc1cccc(C)n1)CC(C)(CC)CNC. The summed E-state index contributed by atoms with van der Waals surface area (Å²) in [6.07, 6.45) is 1.19. The van der Waals surface area contributed by atoms with Gasteiger partial charge in [-0.1, -0.05) is 26.8 Å². The van der Waals surface area contributed by atoms with Crippen LogP contribution in [0.25, 0.3) is 0 Å². The van der Waals surface area contributed by atoms with Gasteiger partial charge in [-0.25, -0.2) is 0 Å². The van der Waals surface area contributed by atoms with Crippen molar-refractivity contribution in [1.29, 1.82) is 0 Å². The van der Waals surface area contributed by atoms with E-state index in [1.807, 2.05) is 7.05 Å². The van der Waals surface area contributed by atoms with Crippen LogP contribution in [0.2, 0.25) is 0 Å². The number of hydrogen-bond acceptors (Lipinski definition) is 3. The average molecular weight is 263 g/mol. The molecule has 0 radical (unpaired) electrons. The third kappa shape index (κ3) is 5.29. The maximum absolute atomic E-state index is 4.61. The molecule has 1 atom stereocenters. The van der Waals surface area contributed by atoms with Crippen molar-refractivity contribution >= 4 is 0 Å². The van der Waals surface area contributed by atoms with Crippen LogP contribution in [-0.4, -0.2) is 36.6 Å². The van der Waals surface area contributed by atoms with Crippen LogP contribution >= 0.6 is 0 Å². The Kier molecular flexibility index (Phi) is 6.46. The number of aryl methyl sites for hydroxylation is 1. The molecule has 0 amide bonds. The van der Waals surface area contributed by atoms with Gasteiger partial charge in [0, 0.05) is 25.3 Å². The summed E-state index contributed by atoms with van der Waals surface area (Å²) in [6, 6.07) is 6.27. The van der Waals surface area contributed by atoms with Gasteiger partial charge in [0.05, 0.1) is 5.69 Å². The Labute approximate surface area is 118 Å². The highest BCUT2D eigenvalue weighted by atomic mass is 15.1. The van der Waals surface area contributed by atoms with Gasteiger partial charge in [-0.2, -0.15) is 0 Å². The summed E-state index contributed by atoms with van der Waals surface area (Å²) in [6.45, 7) is 13.1. The molecule has 0 aliphatic heterocycles. The number of hydrogen-bond donors (Lipinski definition) is 1. The van der Waals surface area contributed by atoms with Crippen molar-refractivity contribution in [2.24, 2.45) is 5.41 Å².